The summed E-state index contributed by atoms with van der Waals surface area (Å²) < 4.78 is 7.87. The lowest BCUT2D eigenvalue weighted by molar-refractivity contribution is 0.339. The number of hydrogen-bond acceptors (Lipinski definition) is 4. The van der Waals surface area contributed by atoms with Gasteiger partial charge in [-0.05, 0) is 36.5 Å². The van der Waals surface area contributed by atoms with Gasteiger partial charge in [-0.1, -0.05) is 46.8 Å². The van der Waals surface area contributed by atoms with Crippen molar-refractivity contribution in [2.75, 3.05) is 6.61 Å². The summed E-state index contributed by atoms with van der Waals surface area (Å²) in [6, 6.07) is 7.43. The normalized spacial score (nSPS) is 12.3. The first kappa shape index (κ1) is 21.3. The Morgan fingerprint density at radius 3 is 2.63 bits per heavy atom. The number of nitrogens with zero attached hydrogens (tertiary/aromatic N) is 3. The highest BCUT2D eigenvalue weighted by molar-refractivity contribution is 7.80. The van der Waals surface area contributed by atoms with Crippen LogP contribution in [0.4, 0.5) is 0 Å². The van der Waals surface area contributed by atoms with Gasteiger partial charge in [-0.3, -0.25) is 0 Å². The lowest BCUT2D eigenvalue weighted by Gasteiger charge is -2.14. The van der Waals surface area contributed by atoms with Crippen LogP contribution < -0.4 is 9.54 Å². The van der Waals surface area contributed by atoms with Crippen LogP contribution in [0.1, 0.15) is 57.5 Å². The van der Waals surface area contributed by atoms with Gasteiger partial charge in [-0.15, -0.1) is 11.3 Å². The van der Waals surface area contributed by atoms with Gasteiger partial charge >= 0.3 is 0 Å². The Labute approximate surface area is 171 Å². The van der Waals surface area contributed by atoms with E-state index in [1.165, 1.54) is 4.88 Å². The first-order valence-corrected chi connectivity index (χ1v) is 10.3. The van der Waals surface area contributed by atoms with E-state index in [-0.39, 0.29) is 5.41 Å². The molecule has 1 aromatic carbocycles. The molecule has 0 atom stereocenters. The Hall–Kier alpha value is -1.97. The summed E-state index contributed by atoms with van der Waals surface area (Å²) in [5, 5.41) is 9.22. The minimum absolute atomic E-state index is 0.0516. The minimum Gasteiger partial charge on any atom is -0.493 e. The Morgan fingerprint density at radius 1 is 1.37 bits per heavy atom. The molecule has 2 rings (SSSR count). The summed E-state index contributed by atoms with van der Waals surface area (Å²) in [5.41, 5.74) is 1.28. The van der Waals surface area contributed by atoms with Crippen molar-refractivity contribution in [1.82, 2.24) is 4.57 Å². The van der Waals surface area contributed by atoms with E-state index in [0.29, 0.717) is 34.4 Å². The lowest BCUT2D eigenvalue weighted by atomic mass is 9.95. The molecule has 6 heteroatoms. The van der Waals surface area contributed by atoms with Gasteiger partial charge in [0.25, 0.3) is 0 Å². The van der Waals surface area contributed by atoms with Gasteiger partial charge in [-0.25, -0.2) is 4.99 Å². The third-order valence-electron chi connectivity index (χ3n) is 3.86. The van der Waals surface area contributed by atoms with Gasteiger partial charge in [0.1, 0.15) is 10.7 Å². The number of rotatable bonds is 5. The predicted octanol–water partition coefficient (Wildman–Crippen LogP) is 5.05. The van der Waals surface area contributed by atoms with Crippen molar-refractivity contribution in [1.29, 1.82) is 5.26 Å². The van der Waals surface area contributed by atoms with Gasteiger partial charge in [-0.2, -0.15) is 5.26 Å². The molecule has 0 unspecified atom stereocenters. The van der Waals surface area contributed by atoms with Gasteiger partial charge in [0.2, 0.25) is 0 Å². The second-order valence-electron chi connectivity index (χ2n) is 7.85. The molecule has 0 saturated carbocycles. The van der Waals surface area contributed by atoms with Gasteiger partial charge in [0.15, 0.2) is 4.80 Å². The Morgan fingerprint density at radius 2 is 2.07 bits per heavy atom. The first-order valence-electron chi connectivity index (χ1n) is 9.12. The summed E-state index contributed by atoms with van der Waals surface area (Å²) in [7, 11) is 0. The Bertz CT molecular complexity index is 924. The Kier molecular flexibility index (Phi) is 6.96. The minimum atomic E-state index is 0.0516. The maximum atomic E-state index is 9.22. The molecule has 0 saturated heterocycles. The van der Waals surface area contributed by atoms with Crippen LogP contribution in [0, 0.1) is 17.2 Å². The molecular weight excluding hydrogens is 374 g/mol. The van der Waals surface area contributed by atoms with Crippen molar-refractivity contribution < 1.29 is 4.74 Å². The summed E-state index contributed by atoms with van der Waals surface area (Å²) in [5.74, 6) is 1.16. The van der Waals surface area contributed by atoms with Gasteiger partial charge in [0.05, 0.1) is 23.8 Å². The molecule has 0 N–H and O–H groups in total. The molecule has 0 aliphatic rings. The number of aromatic nitrogens is 1. The van der Waals surface area contributed by atoms with Crippen molar-refractivity contribution in [3.63, 3.8) is 0 Å². The fourth-order valence-electron chi connectivity index (χ4n) is 2.53. The zero-order chi connectivity index (χ0) is 20.2. The summed E-state index contributed by atoms with van der Waals surface area (Å²) >= 11 is 7.29. The van der Waals surface area contributed by atoms with E-state index in [0.717, 1.165) is 11.3 Å². The van der Waals surface area contributed by atoms with Crippen LogP contribution in [0.5, 0.6) is 5.75 Å². The number of benzene rings is 1. The highest BCUT2D eigenvalue weighted by Gasteiger charge is 2.18. The van der Waals surface area contributed by atoms with E-state index in [1.807, 2.05) is 6.92 Å². The highest BCUT2D eigenvalue weighted by atomic mass is 32.1. The first-order chi connectivity index (χ1) is 12.7. The average Bonchev–Trinajstić information content (AvgIpc) is 2.97. The van der Waals surface area contributed by atoms with Gasteiger partial charge < -0.3 is 9.30 Å². The SMILES string of the molecule is CCOc1ccc(C#N)cc1C(=S)N=c1sc(C(C)(C)C)cn1CC(C)C. The average molecular weight is 402 g/mol. The highest BCUT2D eigenvalue weighted by Crippen LogP contribution is 2.25. The molecule has 0 amide bonds. The van der Waals surface area contributed by atoms with Crippen molar-refractivity contribution in [3.05, 3.63) is 45.2 Å². The molecule has 144 valence electrons. The van der Waals surface area contributed by atoms with Crippen LogP contribution >= 0.6 is 23.6 Å². The molecule has 27 heavy (non-hydrogen) atoms. The topological polar surface area (TPSA) is 50.3 Å². The number of nitriles is 1. The van der Waals surface area contributed by atoms with E-state index in [1.54, 1.807) is 29.5 Å². The van der Waals surface area contributed by atoms with Crippen LogP contribution in [0.25, 0.3) is 0 Å². The molecule has 0 aliphatic heterocycles. The van der Waals surface area contributed by atoms with Crippen molar-refractivity contribution >= 4 is 28.5 Å². The van der Waals surface area contributed by atoms with Crippen LogP contribution in [0.3, 0.4) is 0 Å². The van der Waals surface area contributed by atoms with Crippen molar-refractivity contribution in [2.45, 2.75) is 53.5 Å². The maximum Gasteiger partial charge on any atom is 0.191 e. The van der Waals surface area contributed by atoms with Crippen LogP contribution in [0.15, 0.2) is 29.4 Å². The summed E-state index contributed by atoms with van der Waals surface area (Å²) in [6.45, 7) is 14.3. The van der Waals surface area contributed by atoms with E-state index >= 15 is 0 Å². The lowest BCUT2D eigenvalue weighted by Crippen LogP contribution is -2.19. The largest absolute Gasteiger partial charge is 0.493 e. The molecular formula is C21H27N3OS2. The van der Waals surface area contributed by atoms with E-state index in [4.69, 9.17) is 21.9 Å². The monoisotopic (exact) mass is 401 g/mol. The third kappa shape index (κ3) is 5.50. The molecule has 0 aliphatic carbocycles. The van der Waals surface area contributed by atoms with Crippen molar-refractivity contribution in [2.24, 2.45) is 10.9 Å². The molecule has 0 spiro atoms. The van der Waals surface area contributed by atoms with E-state index in [2.05, 4.69) is 51.5 Å². The number of thiazole rings is 1. The fourth-order valence-corrected chi connectivity index (χ4v) is 3.90. The predicted molar refractivity (Wildman–Crippen MR) is 115 cm³/mol. The van der Waals surface area contributed by atoms with Crippen LogP contribution in [-0.2, 0) is 12.0 Å². The van der Waals surface area contributed by atoms with Gasteiger partial charge in [0, 0.05) is 17.6 Å². The second kappa shape index (κ2) is 8.81. The molecule has 4 nitrogen and oxygen atoms in total. The molecule has 0 bridgehead atoms. The summed E-state index contributed by atoms with van der Waals surface area (Å²) in [4.78, 5) is 7.34. The fraction of sp³-hybridized carbons (Fsp3) is 0.476. The smallest absolute Gasteiger partial charge is 0.191 e. The third-order valence-corrected chi connectivity index (χ3v) is 5.61. The van der Waals surface area contributed by atoms with Crippen LogP contribution in [0.2, 0.25) is 0 Å². The number of hydrogen-bond donors (Lipinski definition) is 0. The molecule has 1 aromatic heterocycles. The van der Waals surface area contributed by atoms with E-state index in [9.17, 15) is 5.26 Å². The zero-order valence-electron chi connectivity index (χ0n) is 16.9. The Balaban J connectivity index is 2.56. The number of thiocarbonyl (C=S) groups is 1. The molecule has 0 fully saturated rings. The molecule has 0 radical (unpaired) electrons. The number of ether oxygens (including phenoxy) is 1. The zero-order valence-corrected chi connectivity index (χ0v) is 18.5. The quantitative estimate of drug-likeness (QED) is 0.659. The second-order valence-corrected chi connectivity index (χ2v) is 9.24. The molecule has 2 aromatic rings. The van der Waals surface area contributed by atoms with Crippen LogP contribution in [-0.4, -0.2) is 16.2 Å². The summed E-state index contributed by atoms with van der Waals surface area (Å²) in [6.07, 6.45) is 2.18. The van der Waals surface area contributed by atoms with Crippen molar-refractivity contribution in [3.8, 4) is 11.8 Å². The van der Waals surface area contributed by atoms with E-state index < -0.39 is 0 Å². The standard InChI is InChI=1S/C21H27N3OS2/c1-7-25-17-9-8-15(11-22)10-16(17)19(26)23-20-24(12-14(2)3)13-18(27-20)21(4,5)6/h8-10,13-14H,7,12H2,1-6H3. The maximum absolute atomic E-state index is 9.22. The molecule has 1 heterocycles.